The molecule has 0 rings (SSSR count). The van der Waals surface area contributed by atoms with Gasteiger partial charge in [0.05, 0.1) is 6.61 Å². The van der Waals surface area contributed by atoms with E-state index in [1.807, 2.05) is 0 Å². The molecule has 0 aliphatic rings. The summed E-state index contributed by atoms with van der Waals surface area (Å²) in [7, 11) is 0. The van der Waals surface area contributed by atoms with Crippen LogP contribution >= 0.6 is 0 Å². The van der Waals surface area contributed by atoms with E-state index in [9.17, 15) is 22.4 Å². The Balaban J connectivity index is 4.07. The average molecular weight is 230 g/mol. The third kappa shape index (κ3) is 4.28. The van der Waals surface area contributed by atoms with Crippen LogP contribution in [0.25, 0.3) is 0 Å². The third-order valence-corrected chi connectivity index (χ3v) is 1.65. The molecule has 0 aliphatic carbocycles. The van der Waals surface area contributed by atoms with Gasteiger partial charge in [0.1, 0.15) is 0 Å². The molecule has 0 aromatic heterocycles. The number of aliphatic hydroxyl groups is 1. The van der Waals surface area contributed by atoms with Crippen LogP contribution in [-0.2, 0) is 9.53 Å². The highest BCUT2D eigenvalue weighted by atomic mass is 19.4. The van der Waals surface area contributed by atoms with E-state index in [1.54, 1.807) is 0 Å². The van der Waals surface area contributed by atoms with Crippen molar-refractivity contribution in [3.8, 4) is 0 Å². The number of ether oxygens (including phenoxy) is 1. The summed E-state index contributed by atoms with van der Waals surface area (Å²) in [4.78, 5) is 10.4. The molecule has 0 fully saturated rings. The maximum atomic E-state index is 12.0. The molecule has 0 aliphatic heterocycles. The van der Waals surface area contributed by atoms with Crippen molar-refractivity contribution in [1.82, 2.24) is 0 Å². The number of carbonyl (C=O) groups is 1. The summed E-state index contributed by atoms with van der Waals surface area (Å²) >= 11 is 0. The number of halogens is 4. The van der Waals surface area contributed by atoms with Crippen molar-refractivity contribution < 1.29 is 32.2 Å². The van der Waals surface area contributed by atoms with Crippen molar-refractivity contribution in [2.24, 2.45) is 0 Å². The number of carbonyl (C=O) groups excluding carboxylic acids is 1. The van der Waals surface area contributed by atoms with Gasteiger partial charge in [0, 0.05) is 6.42 Å². The van der Waals surface area contributed by atoms with Crippen LogP contribution < -0.4 is 0 Å². The Morgan fingerprint density at radius 3 is 2.27 bits per heavy atom. The highest BCUT2D eigenvalue weighted by molar-refractivity contribution is 5.85. The van der Waals surface area contributed by atoms with Gasteiger partial charge in [-0.2, -0.15) is 17.6 Å². The second kappa shape index (κ2) is 4.61. The molecular weight excluding hydrogens is 220 g/mol. The molecule has 0 heterocycles. The first-order valence-corrected chi connectivity index (χ1v) is 3.88. The minimum atomic E-state index is -4.83. The van der Waals surface area contributed by atoms with Crippen molar-refractivity contribution in [2.75, 3.05) is 6.61 Å². The van der Waals surface area contributed by atoms with E-state index in [0.29, 0.717) is 6.92 Å². The molecule has 0 bridgehead atoms. The first kappa shape index (κ1) is 13.9. The second-order valence-corrected chi connectivity index (χ2v) is 3.06. The van der Waals surface area contributed by atoms with Crippen molar-refractivity contribution in [2.45, 2.75) is 25.1 Å². The molecule has 0 aromatic carbocycles. The lowest BCUT2D eigenvalue weighted by atomic mass is 10.0. The molecule has 0 saturated carbocycles. The monoisotopic (exact) mass is 230 g/mol. The zero-order chi connectivity index (χ0) is 12.3. The van der Waals surface area contributed by atoms with Gasteiger partial charge >= 0.3 is 12.1 Å². The lowest BCUT2D eigenvalue weighted by molar-refractivity contribution is -0.257. The quantitative estimate of drug-likeness (QED) is 0.454. The topological polar surface area (TPSA) is 46.5 Å². The number of rotatable bonds is 4. The third-order valence-electron chi connectivity index (χ3n) is 1.65. The molecule has 0 saturated heterocycles. The summed E-state index contributed by atoms with van der Waals surface area (Å²) in [5.41, 5.74) is -2.97. The fourth-order valence-electron chi connectivity index (χ4n) is 0.563. The first-order valence-electron chi connectivity index (χ1n) is 3.88. The minimum absolute atomic E-state index is 0.533. The molecular formula is C8H10F4O3. The van der Waals surface area contributed by atoms with Gasteiger partial charge < -0.3 is 9.84 Å². The summed E-state index contributed by atoms with van der Waals surface area (Å²) in [5, 5.41) is 8.87. The first-order chi connectivity index (χ1) is 6.58. The van der Waals surface area contributed by atoms with Crippen molar-refractivity contribution in [3.05, 3.63) is 12.4 Å². The molecule has 3 nitrogen and oxygen atoms in total. The second-order valence-electron chi connectivity index (χ2n) is 3.06. The Labute approximate surface area is 83.3 Å². The molecule has 1 atom stereocenters. The van der Waals surface area contributed by atoms with E-state index in [2.05, 4.69) is 11.3 Å². The highest BCUT2D eigenvalue weighted by Gasteiger charge is 2.49. The minimum Gasteiger partial charge on any atom is -0.460 e. The van der Waals surface area contributed by atoms with Crippen LogP contribution in [-0.4, -0.2) is 29.5 Å². The fourth-order valence-corrected chi connectivity index (χ4v) is 0.563. The van der Waals surface area contributed by atoms with Crippen LogP contribution in [0.4, 0.5) is 17.6 Å². The summed E-state index contributed by atoms with van der Waals surface area (Å²) in [6, 6.07) is 0. The van der Waals surface area contributed by atoms with Gasteiger partial charge in [-0.3, -0.25) is 0 Å². The summed E-state index contributed by atoms with van der Waals surface area (Å²) in [6.45, 7) is 2.38. The summed E-state index contributed by atoms with van der Waals surface area (Å²) in [5.74, 6) is -2.84. The molecule has 1 N–H and O–H groups in total. The van der Waals surface area contributed by atoms with E-state index in [-0.39, 0.29) is 0 Å². The van der Waals surface area contributed by atoms with Crippen LogP contribution in [0, 0.1) is 0 Å². The van der Waals surface area contributed by atoms with Crippen LogP contribution in [0.15, 0.2) is 12.4 Å². The molecule has 0 spiro atoms. The van der Waals surface area contributed by atoms with Gasteiger partial charge in [-0.15, -0.1) is 0 Å². The van der Waals surface area contributed by atoms with Crippen molar-refractivity contribution >= 4 is 5.97 Å². The standard InChI is InChI=1S/C8H10F4O3/c1-5(9)6(13)15-4-3-7(2,14)8(10,11)12/h14H,1,3-4H2,2H3. The van der Waals surface area contributed by atoms with Gasteiger partial charge in [0.15, 0.2) is 5.60 Å². The average Bonchev–Trinajstić information content (AvgIpc) is 2.01. The smallest absolute Gasteiger partial charge is 0.417 e. The maximum Gasteiger partial charge on any atom is 0.417 e. The van der Waals surface area contributed by atoms with Gasteiger partial charge in [0.2, 0.25) is 5.83 Å². The molecule has 0 amide bonds. The number of hydrogen-bond donors (Lipinski definition) is 1. The SMILES string of the molecule is C=C(F)C(=O)OCCC(C)(O)C(F)(F)F. The van der Waals surface area contributed by atoms with Gasteiger partial charge in [0.25, 0.3) is 0 Å². The highest BCUT2D eigenvalue weighted by Crippen LogP contribution is 2.32. The zero-order valence-corrected chi connectivity index (χ0v) is 7.90. The summed E-state index contributed by atoms with van der Waals surface area (Å²) in [6.07, 6.45) is -5.69. The number of alkyl halides is 3. The van der Waals surface area contributed by atoms with Gasteiger partial charge in [-0.25, -0.2) is 4.79 Å². The molecule has 0 aromatic rings. The zero-order valence-electron chi connectivity index (χ0n) is 7.90. The van der Waals surface area contributed by atoms with Crippen LogP contribution in [0.1, 0.15) is 13.3 Å². The van der Waals surface area contributed by atoms with Crippen molar-refractivity contribution in [3.63, 3.8) is 0 Å². The van der Waals surface area contributed by atoms with Crippen molar-refractivity contribution in [1.29, 1.82) is 0 Å². The predicted molar refractivity (Wildman–Crippen MR) is 42.5 cm³/mol. The molecule has 7 heteroatoms. The van der Waals surface area contributed by atoms with E-state index in [0.717, 1.165) is 0 Å². The Bertz CT molecular complexity index is 257. The molecule has 88 valence electrons. The van der Waals surface area contributed by atoms with E-state index in [4.69, 9.17) is 5.11 Å². The normalized spacial score (nSPS) is 15.6. The van der Waals surface area contributed by atoms with E-state index >= 15 is 0 Å². The van der Waals surface area contributed by atoms with Crippen LogP contribution in [0.5, 0.6) is 0 Å². The fraction of sp³-hybridized carbons (Fsp3) is 0.625. The number of hydrogen-bond acceptors (Lipinski definition) is 3. The maximum absolute atomic E-state index is 12.0. The molecule has 0 radical (unpaired) electrons. The Morgan fingerprint density at radius 1 is 1.47 bits per heavy atom. The van der Waals surface area contributed by atoms with E-state index in [1.165, 1.54) is 0 Å². The Kier molecular flexibility index (Phi) is 4.27. The Morgan fingerprint density at radius 2 is 1.93 bits per heavy atom. The lowest BCUT2D eigenvalue weighted by Crippen LogP contribution is -2.43. The Hall–Kier alpha value is -1.11. The van der Waals surface area contributed by atoms with Crippen LogP contribution in [0.3, 0.4) is 0 Å². The lowest BCUT2D eigenvalue weighted by Gasteiger charge is -2.25. The van der Waals surface area contributed by atoms with Gasteiger partial charge in [-0.1, -0.05) is 6.58 Å². The van der Waals surface area contributed by atoms with E-state index < -0.39 is 36.6 Å². The van der Waals surface area contributed by atoms with Gasteiger partial charge in [-0.05, 0) is 6.92 Å². The predicted octanol–water partition coefficient (Wildman–Crippen LogP) is 1.72. The summed E-state index contributed by atoms with van der Waals surface area (Å²) < 4.78 is 52.2. The molecule has 1 unspecified atom stereocenters. The number of esters is 1. The largest absolute Gasteiger partial charge is 0.460 e. The molecule has 15 heavy (non-hydrogen) atoms. The van der Waals surface area contributed by atoms with Crippen LogP contribution in [0.2, 0.25) is 0 Å².